The Kier molecular flexibility index (Phi) is 6.42. The summed E-state index contributed by atoms with van der Waals surface area (Å²) in [6.07, 6.45) is 1.82. The third-order valence-corrected chi connectivity index (χ3v) is 8.02. The van der Waals surface area contributed by atoms with E-state index in [1.807, 2.05) is 17.0 Å². The quantitative estimate of drug-likeness (QED) is 0.525. The molecule has 1 unspecified atom stereocenters. The molecule has 4 rings (SSSR count). The van der Waals surface area contributed by atoms with Gasteiger partial charge in [-0.05, 0) is 73.4 Å². The van der Waals surface area contributed by atoms with Gasteiger partial charge in [-0.3, -0.25) is 9.10 Å². The van der Waals surface area contributed by atoms with E-state index in [9.17, 15) is 13.2 Å². The molecule has 0 bridgehead atoms. The SMILES string of the molecule is COc1ccc(N(C)S(=O)(=O)c2cccc(C(=O)N3CCCC3c3ccccc3C)c2)cc1. The molecule has 172 valence electrons. The molecular weight excluding hydrogens is 436 g/mol. The van der Waals surface area contributed by atoms with Gasteiger partial charge in [-0.25, -0.2) is 8.42 Å². The van der Waals surface area contributed by atoms with Crippen LogP contribution < -0.4 is 9.04 Å². The van der Waals surface area contributed by atoms with Gasteiger partial charge in [0.05, 0.1) is 23.7 Å². The van der Waals surface area contributed by atoms with Crippen molar-refractivity contribution in [2.45, 2.75) is 30.7 Å². The molecule has 0 aliphatic carbocycles. The smallest absolute Gasteiger partial charge is 0.264 e. The Morgan fingerprint density at radius 1 is 1.03 bits per heavy atom. The Bertz CT molecular complexity index is 1260. The van der Waals surface area contributed by atoms with E-state index < -0.39 is 10.0 Å². The number of methoxy groups -OCH3 is 1. The van der Waals surface area contributed by atoms with Crippen molar-refractivity contribution < 1.29 is 17.9 Å². The molecule has 1 saturated heterocycles. The number of anilines is 1. The molecule has 1 atom stereocenters. The molecule has 3 aromatic carbocycles. The number of ether oxygens (including phenoxy) is 1. The van der Waals surface area contributed by atoms with Crippen LogP contribution in [0.4, 0.5) is 5.69 Å². The van der Waals surface area contributed by atoms with Crippen molar-refractivity contribution in [2.24, 2.45) is 0 Å². The molecule has 1 amide bonds. The minimum Gasteiger partial charge on any atom is -0.497 e. The lowest BCUT2D eigenvalue weighted by atomic mass is 9.99. The summed E-state index contributed by atoms with van der Waals surface area (Å²) in [5.41, 5.74) is 3.18. The summed E-state index contributed by atoms with van der Waals surface area (Å²) in [6.45, 7) is 2.71. The molecule has 6 nitrogen and oxygen atoms in total. The monoisotopic (exact) mass is 464 g/mol. The molecule has 33 heavy (non-hydrogen) atoms. The molecule has 7 heteroatoms. The second-order valence-electron chi connectivity index (χ2n) is 8.21. The third-order valence-electron chi connectivity index (χ3n) is 6.24. The van der Waals surface area contributed by atoms with Crippen LogP contribution in [0.5, 0.6) is 5.75 Å². The molecule has 0 spiro atoms. The highest BCUT2D eigenvalue weighted by Gasteiger charge is 2.32. The van der Waals surface area contributed by atoms with E-state index in [1.165, 1.54) is 23.5 Å². The van der Waals surface area contributed by atoms with E-state index in [-0.39, 0.29) is 16.8 Å². The number of sulfonamides is 1. The summed E-state index contributed by atoms with van der Waals surface area (Å²) in [7, 11) is -0.784. The summed E-state index contributed by atoms with van der Waals surface area (Å²) in [5, 5.41) is 0. The Morgan fingerprint density at radius 2 is 1.76 bits per heavy atom. The minimum absolute atomic E-state index is 0.000867. The van der Waals surface area contributed by atoms with Crippen LogP contribution in [0, 0.1) is 6.92 Å². The highest BCUT2D eigenvalue weighted by atomic mass is 32.2. The molecule has 0 radical (unpaired) electrons. The number of benzene rings is 3. The number of likely N-dealkylation sites (tertiary alicyclic amines) is 1. The molecule has 1 heterocycles. The van der Waals surface area contributed by atoms with Crippen LogP contribution in [0.25, 0.3) is 0 Å². The van der Waals surface area contributed by atoms with E-state index in [4.69, 9.17) is 4.74 Å². The normalized spacial score (nSPS) is 16.0. The van der Waals surface area contributed by atoms with Crippen molar-refractivity contribution in [1.29, 1.82) is 0 Å². The lowest BCUT2D eigenvalue weighted by Crippen LogP contribution is -2.31. The lowest BCUT2D eigenvalue weighted by molar-refractivity contribution is 0.0735. The fraction of sp³-hybridized carbons (Fsp3) is 0.269. The molecular formula is C26H28N2O4S. The van der Waals surface area contributed by atoms with Crippen molar-refractivity contribution in [3.05, 3.63) is 89.5 Å². The van der Waals surface area contributed by atoms with Crippen LogP contribution in [-0.4, -0.2) is 39.9 Å². The summed E-state index contributed by atoms with van der Waals surface area (Å²) in [6, 6.07) is 21.2. The number of hydrogen-bond donors (Lipinski definition) is 0. The van der Waals surface area contributed by atoms with Crippen molar-refractivity contribution in [3.63, 3.8) is 0 Å². The maximum Gasteiger partial charge on any atom is 0.264 e. The second kappa shape index (κ2) is 9.27. The molecule has 0 saturated carbocycles. The van der Waals surface area contributed by atoms with Crippen LogP contribution in [-0.2, 0) is 10.0 Å². The number of nitrogens with zero attached hydrogens (tertiary/aromatic N) is 2. The standard InChI is InChI=1S/C26H28N2O4S/c1-19-8-4-5-11-24(19)25-12-7-17-28(25)26(29)20-9-6-10-23(18-20)33(30,31)27(2)21-13-15-22(32-3)16-14-21/h4-6,8-11,13-16,18,25H,7,12,17H2,1-3H3. The number of carbonyl (C=O) groups excluding carboxylic acids is 1. The minimum atomic E-state index is -3.84. The number of hydrogen-bond acceptors (Lipinski definition) is 4. The van der Waals surface area contributed by atoms with E-state index in [2.05, 4.69) is 19.1 Å². The van der Waals surface area contributed by atoms with Gasteiger partial charge in [-0.2, -0.15) is 0 Å². The van der Waals surface area contributed by atoms with Gasteiger partial charge in [0.1, 0.15) is 5.75 Å². The topological polar surface area (TPSA) is 66.9 Å². The first-order valence-electron chi connectivity index (χ1n) is 10.9. The van der Waals surface area contributed by atoms with Crippen LogP contribution in [0.15, 0.2) is 77.7 Å². The van der Waals surface area contributed by atoms with Gasteiger partial charge in [0, 0.05) is 19.2 Å². The van der Waals surface area contributed by atoms with Crippen molar-refractivity contribution >= 4 is 21.6 Å². The van der Waals surface area contributed by atoms with E-state index in [0.717, 1.165) is 24.0 Å². The van der Waals surface area contributed by atoms with Crippen LogP contribution in [0.2, 0.25) is 0 Å². The highest BCUT2D eigenvalue weighted by molar-refractivity contribution is 7.92. The zero-order valence-electron chi connectivity index (χ0n) is 19.1. The first-order chi connectivity index (χ1) is 15.8. The number of aryl methyl sites for hydroxylation is 1. The van der Waals surface area contributed by atoms with Gasteiger partial charge in [0.15, 0.2) is 0 Å². The number of rotatable bonds is 6. The Morgan fingerprint density at radius 3 is 2.45 bits per heavy atom. The molecule has 0 N–H and O–H groups in total. The van der Waals surface area contributed by atoms with Crippen LogP contribution in [0.3, 0.4) is 0 Å². The van der Waals surface area contributed by atoms with Gasteiger partial charge >= 0.3 is 0 Å². The maximum absolute atomic E-state index is 13.4. The fourth-order valence-electron chi connectivity index (χ4n) is 4.34. The Labute approximate surface area is 195 Å². The zero-order chi connectivity index (χ0) is 23.6. The van der Waals surface area contributed by atoms with E-state index in [0.29, 0.717) is 23.5 Å². The van der Waals surface area contributed by atoms with E-state index >= 15 is 0 Å². The lowest BCUT2D eigenvalue weighted by Gasteiger charge is -2.27. The molecule has 1 fully saturated rings. The summed E-state index contributed by atoms with van der Waals surface area (Å²) < 4.78 is 32.9. The van der Waals surface area contributed by atoms with Gasteiger partial charge in [-0.1, -0.05) is 30.3 Å². The third kappa shape index (κ3) is 4.46. The average Bonchev–Trinajstić information content (AvgIpc) is 3.33. The van der Waals surface area contributed by atoms with Gasteiger partial charge in [0.2, 0.25) is 0 Å². The predicted octanol–water partition coefficient (Wildman–Crippen LogP) is 4.81. The maximum atomic E-state index is 13.4. The Balaban J connectivity index is 1.61. The van der Waals surface area contributed by atoms with Gasteiger partial charge < -0.3 is 9.64 Å². The number of carbonyl (C=O) groups is 1. The first kappa shape index (κ1) is 22.9. The zero-order valence-corrected chi connectivity index (χ0v) is 19.9. The fourth-order valence-corrected chi connectivity index (χ4v) is 5.58. The van der Waals surface area contributed by atoms with Gasteiger partial charge in [-0.15, -0.1) is 0 Å². The van der Waals surface area contributed by atoms with Crippen LogP contribution >= 0.6 is 0 Å². The summed E-state index contributed by atoms with van der Waals surface area (Å²) in [4.78, 5) is 15.4. The highest BCUT2D eigenvalue weighted by Crippen LogP contribution is 2.35. The molecule has 0 aromatic heterocycles. The predicted molar refractivity (Wildman–Crippen MR) is 129 cm³/mol. The summed E-state index contributed by atoms with van der Waals surface area (Å²) >= 11 is 0. The van der Waals surface area contributed by atoms with Crippen molar-refractivity contribution in [1.82, 2.24) is 4.90 Å². The Hall–Kier alpha value is -3.32. The second-order valence-corrected chi connectivity index (χ2v) is 10.2. The average molecular weight is 465 g/mol. The summed E-state index contributed by atoms with van der Waals surface area (Å²) in [5.74, 6) is 0.496. The first-order valence-corrected chi connectivity index (χ1v) is 12.4. The van der Waals surface area contributed by atoms with Crippen molar-refractivity contribution in [2.75, 3.05) is 25.0 Å². The largest absolute Gasteiger partial charge is 0.497 e. The van der Waals surface area contributed by atoms with Crippen molar-refractivity contribution in [3.8, 4) is 5.75 Å². The van der Waals surface area contributed by atoms with E-state index in [1.54, 1.807) is 43.5 Å². The molecule has 3 aromatic rings. The molecule has 1 aliphatic heterocycles. The van der Waals surface area contributed by atoms with Crippen LogP contribution in [0.1, 0.15) is 40.4 Å². The van der Waals surface area contributed by atoms with Gasteiger partial charge in [0.25, 0.3) is 15.9 Å². The molecule has 1 aliphatic rings. The number of amides is 1.